The molecule has 1 aliphatic rings. The van der Waals surface area contributed by atoms with Crippen LogP contribution in [-0.2, 0) is 0 Å². The van der Waals surface area contributed by atoms with Crippen molar-refractivity contribution in [3.8, 4) is 5.75 Å². The van der Waals surface area contributed by atoms with E-state index in [0.717, 1.165) is 12.8 Å². The summed E-state index contributed by atoms with van der Waals surface area (Å²) < 4.78 is 70.1. The lowest BCUT2D eigenvalue weighted by Gasteiger charge is -2.15. The number of hydrogen-bond acceptors (Lipinski definition) is 2. The van der Waals surface area contributed by atoms with Gasteiger partial charge in [-0.15, -0.1) is 0 Å². The van der Waals surface area contributed by atoms with Gasteiger partial charge < -0.3 is 10.1 Å². The molecule has 0 spiro atoms. The number of halogens is 5. The third-order valence-electron chi connectivity index (χ3n) is 3.01. The van der Waals surface area contributed by atoms with Crippen LogP contribution in [0.4, 0.5) is 22.0 Å². The molecule has 0 saturated heterocycles. The SMILES string of the molecule is CC(CNC1CC1)COc1c(F)c(F)c(F)c(F)c1F. The van der Waals surface area contributed by atoms with E-state index in [9.17, 15) is 22.0 Å². The Morgan fingerprint density at radius 3 is 2.00 bits per heavy atom. The molecule has 7 heteroatoms. The highest BCUT2D eigenvalue weighted by Gasteiger charge is 2.27. The van der Waals surface area contributed by atoms with Crippen molar-refractivity contribution in [3.05, 3.63) is 29.1 Å². The predicted molar refractivity (Wildman–Crippen MR) is 61.9 cm³/mol. The average Bonchev–Trinajstić information content (AvgIpc) is 3.25. The average molecular weight is 295 g/mol. The molecule has 1 atom stereocenters. The van der Waals surface area contributed by atoms with E-state index in [0.29, 0.717) is 12.6 Å². The van der Waals surface area contributed by atoms with Gasteiger partial charge in [0.25, 0.3) is 0 Å². The molecular formula is C13H14F5NO. The summed E-state index contributed by atoms with van der Waals surface area (Å²) in [5.41, 5.74) is 0. The summed E-state index contributed by atoms with van der Waals surface area (Å²) in [5.74, 6) is -11.4. The number of ether oxygens (including phenoxy) is 1. The van der Waals surface area contributed by atoms with Gasteiger partial charge >= 0.3 is 0 Å². The fourth-order valence-electron chi connectivity index (χ4n) is 1.65. The number of hydrogen-bond donors (Lipinski definition) is 1. The smallest absolute Gasteiger partial charge is 0.206 e. The molecule has 2 rings (SSSR count). The summed E-state index contributed by atoms with van der Waals surface area (Å²) in [5, 5.41) is 3.18. The summed E-state index contributed by atoms with van der Waals surface area (Å²) in [6.07, 6.45) is 2.18. The number of benzene rings is 1. The Hall–Kier alpha value is -1.37. The number of nitrogens with one attached hydrogen (secondary N) is 1. The normalized spacial score (nSPS) is 16.3. The quantitative estimate of drug-likeness (QED) is 0.494. The molecule has 0 bridgehead atoms. The van der Waals surface area contributed by atoms with Crippen LogP contribution in [0.25, 0.3) is 0 Å². The Balaban J connectivity index is 2.01. The maximum atomic E-state index is 13.3. The van der Waals surface area contributed by atoms with Crippen LogP contribution in [0.5, 0.6) is 5.75 Å². The van der Waals surface area contributed by atoms with Crippen molar-refractivity contribution in [2.45, 2.75) is 25.8 Å². The van der Waals surface area contributed by atoms with Gasteiger partial charge in [-0.2, -0.15) is 8.78 Å². The molecule has 1 N–H and O–H groups in total. The second kappa shape index (κ2) is 5.95. The van der Waals surface area contributed by atoms with Crippen LogP contribution in [-0.4, -0.2) is 19.2 Å². The third-order valence-corrected chi connectivity index (χ3v) is 3.01. The maximum Gasteiger partial charge on any atom is 0.206 e. The molecule has 112 valence electrons. The van der Waals surface area contributed by atoms with E-state index in [4.69, 9.17) is 4.74 Å². The lowest BCUT2D eigenvalue weighted by molar-refractivity contribution is 0.222. The molecule has 0 amide bonds. The van der Waals surface area contributed by atoms with Crippen molar-refractivity contribution >= 4 is 0 Å². The predicted octanol–water partition coefficient (Wildman–Crippen LogP) is 3.15. The van der Waals surface area contributed by atoms with Crippen LogP contribution in [0.1, 0.15) is 19.8 Å². The molecule has 20 heavy (non-hydrogen) atoms. The first kappa shape index (κ1) is 15.0. The van der Waals surface area contributed by atoms with Crippen molar-refractivity contribution in [2.24, 2.45) is 5.92 Å². The Morgan fingerprint density at radius 2 is 1.50 bits per heavy atom. The molecule has 2 nitrogen and oxygen atoms in total. The molecule has 1 unspecified atom stereocenters. The minimum atomic E-state index is -2.18. The van der Waals surface area contributed by atoms with Gasteiger partial charge in [-0.3, -0.25) is 0 Å². The second-order valence-corrected chi connectivity index (χ2v) is 5.00. The molecule has 1 saturated carbocycles. The Bertz CT molecular complexity index is 475. The maximum absolute atomic E-state index is 13.3. The highest BCUT2D eigenvalue weighted by Crippen LogP contribution is 2.29. The van der Waals surface area contributed by atoms with Gasteiger partial charge in [0, 0.05) is 18.5 Å². The molecule has 0 radical (unpaired) electrons. The minimum Gasteiger partial charge on any atom is -0.487 e. The van der Waals surface area contributed by atoms with Crippen LogP contribution >= 0.6 is 0 Å². The lowest BCUT2D eigenvalue weighted by atomic mass is 10.2. The third kappa shape index (κ3) is 3.20. The first-order valence-corrected chi connectivity index (χ1v) is 6.29. The standard InChI is InChI=1S/C13H14F5NO/c1-6(4-19-7-2-3-7)5-20-13-11(17)9(15)8(14)10(16)12(13)18/h6-7,19H,2-5H2,1H3. The van der Waals surface area contributed by atoms with E-state index in [2.05, 4.69) is 5.32 Å². The highest BCUT2D eigenvalue weighted by atomic mass is 19.2. The Labute approximate surface area is 112 Å². The van der Waals surface area contributed by atoms with E-state index < -0.39 is 34.8 Å². The zero-order chi connectivity index (χ0) is 14.9. The van der Waals surface area contributed by atoms with Crippen LogP contribution in [0.2, 0.25) is 0 Å². The van der Waals surface area contributed by atoms with Gasteiger partial charge in [0.15, 0.2) is 5.75 Å². The van der Waals surface area contributed by atoms with Crippen molar-refractivity contribution in [3.63, 3.8) is 0 Å². The van der Waals surface area contributed by atoms with Crippen LogP contribution < -0.4 is 10.1 Å². The molecule has 0 heterocycles. The van der Waals surface area contributed by atoms with Crippen LogP contribution in [0, 0.1) is 35.0 Å². The molecule has 0 aliphatic heterocycles. The largest absolute Gasteiger partial charge is 0.487 e. The Kier molecular flexibility index (Phi) is 4.47. The summed E-state index contributed by atoms with van der Waals surface area (Å²) in [7, 11) is 0. The van der Waals surface area contributed by atoms with Gasteiger partial charge in [-0.1, -0.05) is 6.92 Å². The van der Waals surface area contributed by atoms with E-state index in [-0.39, 0.29) is 12.5 Å². The molecule has 1 fully saturated rings. The zero-order valence-corrected chi connectivity index (χ0v) is 10.8. The van der Waals surface area contributed by atoms with Crippen LogP contribution in [0.3, 0.4) is 0 Å². The second-order valence-electron chi connectivity index (χ2n) is 5.00. The summed E-state index contributed by atoms with van der Waals surface area (Å²) in [6.45, 7) is 2.17. The number of rotatable bonds is 6. The van der Waals surface area contributed by atoms with E-state index in [1.165, 1.54) is 0 Å². The van der Waals surface area contributed by atoms with Gasteiger partial charge in [-0.05, 0) is 12.8 Å². The highest BCUT2D eigenvalue weighted by molar-refractivity contribution is 5.29. The zero-order valence-electron chi connectivity index (χ0n) is 10.8. The summed E-state index contributed by atoms with van der Waals surface area (Å²) in [4.78, 5) is 0. The molecule has 1 aromatic rings. The van der Waals surface area contributed by atoms with Gasteiger partial charge in [-0.25, -0.2) is 13.2 Å². The van der Waals surface area contributed by atoms with Crippen molar-refractivity contribution in [1.82, 2.24) is 5.32 Å². The fraction of sp³-hybridized carbons (Fsp3) is 0.538. The van der Waals surface area contributed by atoms with Crippen molar-refractivity contribution < 1.29 is 26.7 Å². The summed E-state index contributed by atoms with van der Waals surface area (Å²) >= 11 is 0. The minimum absolute atomic E-state index is 0.120. The van der Waals surface area contributed by atoms with Gasteiger partial charge in [0.05, 0.1) is 6.61 Å². The first-order chi connectivity index (χ1) is 9.41. The summed E-state index contributed by atoms with van der Waals surface area (Å²) in [6, 6.07) is 0.464. The molecular weight excluding hydrogens is 281 g/mol. The van der Waals surface area contributed by atoms with Crippen molar-refractivity contribution in [1.29, 1.82) is 0 Å². The molecule has 1 aromatic carbocycles. The van der Waals surface area contributed by atoms with E-state index in [1.807, 2.05) is 0 Å². The van der Waals surface area contributed by atoms with E-state index in [1.54, 1.807) is 6.92 Å². The molecule has 0 aromatic heterocycles. The van der Waals surface area contributed by atoms with Crippen LogP contribution in [0.15, 0.2) is 0 Å². The topological polar surface area (TPSA) is 21.3 Å². The monoisotopic (exact) mass is 295 g/mol. The van der Waals surface area contributed by atoms with Gasteiger partial charge in [0.1, 0.15) is 0 Å². The first-order valence-electron chi connectivity index (χ1n) is 6.29. The van der Waals surface area contributed by atoms with Crippen molar-refractivity contribution in [2.75, 3.05) is 13.2 Å². The lowest BCUT2D eigenvalue weighted by Crippen LogP contribution is -2.27. The molecule has 1 aliphatic carbocycles. The fourth-order valence-corrected chi connectivity index (χ4v) is 1.65. The van der Waals surface area contributed by atoms with E-state index >= 15 is 0 Å². The van der Waals surface area contributed by atoms with Gasteiger partial charge in [0.2, 0.25) is 29.1 Å². The Morgan fingerprint density at radius 1 is 1.00 bits per heavy atom.